The Morgan fingerprint density at radius 3 is 2.74 bits per heavy atom. The number of rotatable bonds is 3. The number of nitrogens with one attached hydrogen (secondary N) is 1. The van der Waals surface area contributed by atoms with E-state index in [2.05, 4.69) is 11.4 Å². The summed E-state index contributed by atoms with van der Waals surface area (Å²) < 4.78 is 13.4. The molecule has 0 bridgehead atoms. The maximum Gasteiger partial charge on any atom is 0.238 e. The molecule has 0 atom stereocenters. The van der Waals surface area contributed by atoms with Crippen molar-refractivity contribution in [1.29, 1.82) is 5.26 Å². The zero-order valence-electron chi connectivity index (χ0n) is 10.6. The van der Waals surface area contributed by atoms with Crippen molar-refractivity contribution in [3.05, 3.63) is 30.1 Å². The number of carbonyl (C=O) groups is 1. The van der Waals surface area contributed by atoms with Gasteiger partial charge in [0, 0.05) is 5.92 Å². The minimum absolute atomic E-state index is 0.103. The van der Waals surface area contributed by atoms with Crippen LogP contribution in [0.3, 0.4) is 0 Å². The van der Waals surface area contributed by atoms with E-state index in [0.717, 1.165) is 25.9 Å². The summed E-state index contributed by atoms with van der Waals surface area (Å²) in [4.78, 5) is 13.8. The van der Waals surface area contributed by atoms with Crippen molar-refractivity contribution in [3.8, 4) is 6.07 Å². The summed E-state index contributed by atoms with van der Waals surface area (Å²) in [7, 11) is 0. The Morgan fingerprint density at radius 1 is 1.42 bits per heavy atom. The summed E-state index contributed by atoms with van der Waals surface area (Å²) in [6.45, 7) is 1.72. The van der Waals surface area contributed by atoms with E-state index in [1.165, 1.54) is 12.1 Å². The van der Waals surface area contributed by atoms with Gasteiger partial charge in [-0.2, -0.15) is 5.26 Å². The minimum Gasteiger partial charge on any atom is -0.322 e. The molecule has 19 heavy (non-hydrogen) atoms. The van der Waals surface area contributed by atoms with Crippen LogP contribution in [-0.4, -0.2) is 30.4 Å². The number of hydrogen-bond acceptors (Lipinski definition) is 3. The molecule has 0 radical (unpaired) electrons. The van der Waals surface area contributed by atoms with E-state index in [9.17, 15) is 9.18 Å². The fourth-order valence-electron chi connectivity index (χ4n) is 2.18. The van der Waals surface area contributed by atoms with E-state index in [-0.39, 0.29) is 24.1 Å². The summed E-state index contributed by atoms with van der Waals surface area (Å²) in [6, 6.07) is 8.36. The highest BCUT2D eigenvalue weighted by atomic mass is 19.1. The first-order valence-corrected chi connectivity index (χ1v) is 6.35. The molecule has 0 saturated carbocycles. The third kappa shape index (κ3) is 3.76. The van der Waals surface area contributed by atoms with E-state index in [0.29, 0.717) is 0 Å². The molecular weight excluding hydrogens is 245 g/mol. The molecule has 1 aromatic carbocycles. The number of nitriles is 1. The SMILES string of the molecule is N#CC1CCN(CC(=O)Nc2ccccc2F)CC1. The molecule has 1 amide bonds. The van der Waals surface area contributed by atoms with Crippen LogP contribution in [0.25, 0.3) is 0 Å². The van der Waals surface area contributed by atoms with Crippen molar-refractivity contribution in [2.75, 3.05) is 25.0 Å². The van der Waals surface area contributed by atoms with E-state index in [1.807, 2.05) is 4.90 Å². The molecule has 1 fully saturated rings. The quantitative estimate of drug-likeness (QED) is 0.905. The second kappa shape index (κ2) is 6.30. The number of piperidine rings is 1. The number of benzene rings is 1. The lowest BCUT2D eigenvalue weighted by atomic mass is 9.99. The van der Waals surface area contributed by atoms with E-state index >= 15 is 0 Å². The van der Waals surface area contributed by atoms with Gasteiger partial charge in [-0.15, -0.1) is 0 Å². The number of halogens is 1. The van der Waals surface area contributed by atoms with Crippen molar-refractivity contribution in [2.24, 2.45) is 5.92 Å². The first-order chi connectivity index (χ1) is 9.19. The summed E-state index contributed by atoms with van der Waals surface area (Å²) >= 11 is 0. The Kier molecular flexibility index (Phi) is 4.48. The fraction of sp³-hybridized carbons (Fsp3) is 0.429. The van der Waals surface area contributed by atoms with Crippen molar-refractivity contribution in [3.63, 3.8) is 0 Å². The second-order valence-corrected chi connectivity index (χ2v) is 4.71. The molecule has 4 nitrogen and oxygen atoms in total. The molecular formula is C14H16FN3O. The van der Waals surface area contributed by atoms with E-state index in [1.54, 1.807) is 12.1 Å². The topological polar surface area (TPSA) is 56.1 Å². The number of anilines is 1. The minimum atomic E-state index is -0.431. The van der Waals surface area contributed by atoms with Crippen molar-refractivity contribution in [2.45, 2.75) is 12.8 Å². The number of carbonyl (C=O) groups excluding carboxylic acids is 1. The molecule has 1 aromatic rings. The van der Waals surface area contributed by atoms with Gasteiger partial charge >= 0.3 is 0 Å². The Labute approximate surface area is 111 Å². The molecule has 1 heterocycles. The van der Waals surface area contributed by atoms with Crippen molar-refractivity contribution < 1.29 is 9.18 Å². The van der Waals surface area contributed by atoms with Crippen LogP contribution in [-0.2, 0) is 4.79 Å². The molecule has 1 N–H and O–H groups in total. The number of likely N-dealkylation sites (tertiary alicyclic amines) is 1. The first-order valence-electron chi connectivity index (χ1n) is 6.35. The van der Waals surface area contributed by atoms with Crippen LogP contribution in [0.4, 0.5) is 10.1 Å². The molecule has 1 aliphatic heterocycles. The Balaban J connectivity index is 1.83. The maximum atomic E-state index is 13.4. The smallest absolute Gasteiger partial charge is 0.238 e. The molecule has 2 rings (SSSR count). The van der Waals surface area contributed by atoms with Gasteiger partial charge in [0.25, 0.3) is 0 Å². The predicted octanol–water partition coefficient (Wildman–Crippen LogP) is 2.00. The molecule has 5 heteroatoms. The lowest BCUT2D eigenvalue weighted by Gasteiger charge is -2.28. The van der Waals surface area contributed by atoms with Crippen LogP contribution in [0.15, 0.2) is 24.3 Å². The monoisotopic (exact) mass is 261 g/mol. The fourth-order valence-corrected chi connectivity index (χ4v) is 2.18. The molecule has 0 spiro atoms. The van der Waals surface area contributed by atoms with Crippen LogP contribution in [0.2, 0.25) is 0 Å². The van der Waals surface area contributed by atoms with Gasteiger partial charge in [-0.3, -0.25) is 9.69 Å². The summed E-state index contributed by atoms with van der Waals surface area (Å²) in [5.41, 5.74) is 0.208. The van der Waals surface area contributed by atoms with Crippen molar-refractivity contribution >= 4 is 11.6 Å². The van der Waals surface area contributed by atoms with Gasteiger partial charge in [-0.1, -0.05) is 12.1 Å². The van der Waals surface area contributed by atoms with Crippen LogP contribution < -0.4 is 5.32 Å². The highest BCUT2D eigenvalue weighted by molar-refractivity contribution is 5.92. The Morgan fingerprint density at radius 2 is 2.11 bits per heavy atom. The number of hydrogen-bond donors (Lipinski definition) is 1. The predicted molar refractivity (Wildman–Crippen MR) is 69.8 cm³/mol. The highest BCUT2D eigenvalue weighted by Gasteiger charge is 2.20. The van der Waals surface area contributed by atoms with Gasteiger partial charge in [-0.05, 0) is 38.1 Å². The lowest BCUT2D eigenvalue weighted by molar-refractivity contribution is -0.117. The Hall–Kier alpha value is -1.93. The van der Waals surface area contributed by atoms with E-state index in [4.69, 9.17) is 5.26 Å². The average molecular weight is 261 g/mol. The molecule has 0 aliphatic carbocycles. The number of amides is 1. The summed E-state index contributed by atoms with van der Waals surface area (Å²) in [5, 5.41) is 11.4. The largest absolute Gasteiger partial charge is 0.322 e. The van der Waals surface area contributed by atoms with E-state index < -0.39 is 5.82 Å². The Bertz CT molecular complexity index is 490. The zero-order valence-corrected chi connectivity index (χ0v) is 10.6. The zero-order chi connectivity index (χ0) is 13.7. The molecule has 100 valence electrons. The second-order valence-electron chi connectivity index (χ2n) is 4.71. The third-order valence-electron chi connectivity index (χ3n) is 3.29. The van der Waals surface area contributed by atoms with Crippen LogP contribution >= 0.6 is 0 Å². The standard InChI is InChI=1S/C14H16FN3O/c15-12-3-1-2-4-13(12)17-14(19)10-18-7-5-11(9-16)6-8-18/h1-4,11H,5-8,10H2,(H,17,19). The highest BCUT2D eigenvalue weighted by Crippen LogP contribution is 2.16. The molecule has 0 unspecified atom stereocenters. The van der Waals surface area contributed by atoms with Gasteiger partial charge in [0.05, 0.1) is 18.3 Å². The maximum absolute atomic E-state index is 13.4. The normalized spacial score (nSPS) is 16.8. The van der Waals surface area contributed by atoms with Gasteiger partial charge in [-0.25, -0.2) is 4.39 Å². The van der Waals surface area contributed by atoms with Crippen molar-refractivity contribution in [1.82, 2.24) is 4.90 Å². The van der Waals surface area contributed by atoms with Gasteiger partial charge in [0.15, 0.2) is 0 Å². The lowest BCUT2D eigenvalue weighted by Crippen LogP contribution is -2.39. The van der Waals surface area contributed by atoms with Gasteiger partial charge in [0.2, 0.25) is 5.91 Å². The summed E-state index contributed by atoms with van der Waals surface area (Å²) in [6.07, 6.45) is 1.59. The molecule has 1 aliphatic rings. The number of nitrogens with zero attached hydrogens (tertiary/aromatic N) is 2. The first kappa shape index (κ1) is 13.5. The van der Waals surface area contributed by atoms with Crippen LogP contribution in [0, 0.1) is 23.1 Å². The van der Waals surface area contributed by atoms with Crippen LogP contribution in [0.1, 0.15) is 12.8 Å². The molecule has 0 aromatic heterocycles. The van der Waals surface area contributed by atoms with Gasteiger partial charge < -0.3 is 5.32 Å². The third-order valence-corrected chi connectivity index (χ3v) is 3.29. The number of para-hydroxylation sites is 1. The van der Waals surface area contributed by atoms with Crippen LogP contribution in [0.5, 0.6) is 0 Å². The van der Waals surface area contributed by atoms with Gasteiger partial charge in [0.1, 0.15) is 5.82 Å². The molecule has 1 saturated heterocycles. The summed E-state index contributed by atoms with van der Waals surface area (Å²) in [5.74, 6) is -0.551. The average Bonchev–Trinajstić information content (AvgIpc) is 2.42.